The van der Waals surface area contributed by atoms with Crippen LogP contribution in [0.4, 0.5) is 5.82 Å². The Labute approximate surface area is 117 Å². The van der Waals surface area contributed by atoms with Crippen molar-refractivity contribution in [1.29, 1.82) is 0 Å². The van der Waals surface area contributed by atoms with E-state index in [0.29, 0.717) is 12.4 Å². The minimum atomic E-state index is -0.384. The predicted octanol–water partition coefficient (Wildman–Crippen LogP) is 0.370. The molecule has 1 aliphatic carbocycles. The molecule has 1 aromatic heterocycles. The van der Waals surface area contributed by atoms with Gasteiger partial charge in [0, 0.05) is 18.2 Å². The highest BCUT2D eigenvalue weighted by atomic mass is 16.5. The van der Waals surface area contributed by atoms with Crippen LogP contribution in [-0.4, -0.2) is 35.3 Å². The number of hydrogen-bond donors (Lipinski definition) is 2. The second-order valence-electron chi connectivity index (χ2n) is 5.00. The van der Waals surface area contributed by atoms with Crippen LogP contribution in [0.15, 0.2) is 12.3 Å². The Morgan fingerprint density at radius 2 is 2.35 bits per heavy atom. The fraction of sp³-hybridized carbons (Fsp3) is 0.615. The van der Waals surface area contributed by atoms with Gasteiger partial charge in [-0.1, -0.05) is 6.42 Å². The summed E-state index contributed by atoms with van der Waals surface area (Å²) in [5.74, 6) is 0.241. The number of esters is 1. The van der Waals surface area contributed by atoms with Crippen LogP contribution in [0.5, 0.6) is 0 Å². The van der Waals surface area contributed by atoms with E-state index in [1.807, 2.05) is 0 Å². The minimum absolute atomic E-state index is 0.0290. The number of carbonyl (C=O) groups excluding carboxylic acids is 2. The molecule has 1 aromatic rings. The van der Waals surface area contributed by atoms with E-state index in [4.69, 9.17) is 5.73 Å². The van der Waals surface area contributed by atoms with Crippen molar-refractivity contribution in [3.63, 3.8) is 0 Å². The average molecular weight is 280 g/mol. The van der Waals surface area contributed by atoms with Gasteiger partial charge in [-0.2, -0.15) is 5.10 Å². The monoisotopic (exact) mass is 280 g/mol. The standard InChI is InChI=1S/C13H20N4O3/c1-20-12(18)8-17-6-5-11(16-17)15-13(19)10-4-2-3-9(10)7-14/h5-6,9-10H,2-4,7-8,14H2,1H3,(H,15,16,19)/t9-,10-/m1/s1. The first kappa shape index (κ1) is 14.5. The second kappa shape index (κ2) is 6.51. The minimum Gasteiger partial charge on any atom is -0.468 e. The lowest BCUT2D eigenvalue weighted by Crippen LogP contribution is -2.30. The molecular formula is C13H20N4O3. The highest BCUT2D eigenvalue weighted by Gasteiger charge is 2.32. The Balaban J connectivity index is 1.93. The van der Waals surface area contributed by atoms with Gasteiger partial charge in [0.2, 0.25) is 5.91 Å². The van der Waals surface area contributed by atoms with E-state index in [9.17, 15) is 9.59 Å². The van der Waals surface area contributed by atoms with Crippen molar-refractivity contribution in [2.24, 2.45) is 17.6 Å². The van der Waals surface area contributed by atoms with E-state index in [1.54, 1.807) is 12.3 Å². The van der Waals surface area contributed by atoms with Gasteiger partial charge in [-0.05, 0) is 25.3 Å². The lowest BCUT2D eigenvalue weighted by molar-refractivity contribution is -0.141. The van der Waals surface area contributed by atoms with Crippen molar-refractivity contribution in [2.45, 2.75) is 25.8 Å². The summed E-state index contributed by atoms with van der Waals surface area (Å²) in [4.78, 5) is 23.3. The molecule has 7 heteroatoms. The lowest BCUT2D eigenvalue weighted by atomic mass is 9.95. The number of anilines is 1. The molecule has 0 spiro atoms. The van der Waals surface area contributed by atoms with Crippen LogP contribution >= 0.6 is 0 Å². The average Bonchev–Trinajstić information content (AvgIpc) is 3.07. The number of nitrogens with zero attached hydrogens (tertiary/aromatic N) is 2. The van der Waals surface area contributed by atoms with Gasteiger partial charge in [0.15, 0.2) is 5.82 Å². The lowest BCUT2D eigenvalue weighted by Gasteiger charge is -2.16. The maximum atomic E-state index is 12.2. The molecule has 0 radical (unpaired) electrons. The van der Waals surface area contributed by atoms with Crippen molar-refractivity contribution >= 4 is 17.7 Å². The third kappa shape index (κ3) is 3.36. The number of ether oxygens (including phenoxy) is 1. The molecule has 0 unspecified atom stereocenters. The zero-order valence-corrected chi connectivity index (χ0v) is 11.5. The smallest absolute Gasteiger partial charge is 0.327 e. The molecule has 0 aromatic carbocycles. The van der Waals surface area contributed by atoms with Gasteiger partial charge in [0.05, 0.1) is 7.11 Å². The van der Waals surface area contributed by atoms with Gasteiger partial charge < -0.3 is 15.8 Å². The summed E-state index contributed by atoms with van der Waals surface area (Å²) in [6.45, 7) is 0.566. The van der Waals surface area contributed by atoms with Crippen molar-refractivity contribution in [3.8, 4) is 0 Å². The summed E-state index contributed by atoms with van der Waals surface area (Å²) >= 11 is 0. The molecule has 1 aliphatic rings. The van der Waals surface area contributed by atoms with Crippen molar-refractivity contribution in [3.05, 3.63) is 12.3 Å². The molecular weight excluding hydrogens is 260 g/mol. The first-order chi connectivity index (χ1) is 9.63. The number of aromatic nitrogens is 2. The van der Waals surface area contributed by atoms with Gasteiger partial charge in [-0.15, -0.1) is 0 Å². The van der Waals surface area contributed by atoms with Crippen molar-refractivity contribution in [1.82, 2.24) is 9.78 Å². The molecule has 110 valence electrons. The summed E-state index contributed by atoms with van der Waals surface area (Å²) < 4.78 is 5.98. The number of hydrogen-bond acceptors (Lipinski definition) is 5. The van der Waals surface area contributed by atoms with E-state index < -0.39 is 0 Å². The Kier molecular flexibility index (Phi) is 4.73. The first-order valence-electron chi connectivity index (χ1n) is 6.75. The van der Waals surface area contributed by atoms with Crippen LogP contribution in [-0.2, 0) is 20.9 Å². The van der Waals surface area contributed by atoms with Crippen LogP contribution in [0.3, 0.4) is 0 Å². The molecule has 1 fully saturated rings. The normalized spacial score (nSPS) is 21.7. The SMILES string of the molecule is COC(=O)Cn1ccc(NC(=O)[C@@H]2CCC[C@@H]2CN)n1. The number of methoxy groups -OCH3 is 1. The molecule has 0 saturated heterocycles. The van der Waals surface area contributed by atoms with Gasteiger partial charge >= 0.3 is 5.97 Å². The number of rotatable bonds is 5. The van der Waals surface area contributed by atoms with Crippen molar-refractivity contribution in [2.75, 3.05) is 19.0 Å². The fourth-order valence-electron chi connectivity index (χ4n) is 2.60. The molecule has 3 N–H and O–H groups in total. The third-order valence-corrected chi connectivity index (χ3v) is 3.71. The zero-order chi connectivity index (χ0) is 14.5. The summed E-state index contributed by atoms with van der Waals surface area (Å²) in [6, 6.07) is 1.66. The molecule has 2 atom stereocenters. The Bertz CT molecular complexity index is 486. The summed E-state index contributed by atoms with van der Waals surface area (Å²) in [7, 11) is 1.32. The van der Waals surface area contributed by atoms with E-state index in [2.05, 4.69) is 15.2 Å². The highest BCUT2D eigenvalue weighted by molar-refractivity contribution is 5.92. The van der Waals surface area contributed by atoms with E-state index in [-0.39, 0.29) is 30.3 Å². The second-order valence-corrected chi connectivity index (χ2v) is 5.00. The topological polar surface area (TPSA) is 99.2 Å². The van der Waals surface area contributed by atoms with E-state index >= 15 is 0 Å². The number of amides is 1. The van der Waals surface area contributed by atoms with Crippen LogP contribution in [0.2, 0.25) is 0 Å². The molecule has 1 saturated carbocycles. The molecule has 1 amide bonds. The Morgan fingerprint density at radius 3 is 3.05 bits per heavy atom. The fourth-order valence-corrected chi connectivity index (χ4v) is 2.60. The summed E-state index contributed by atoms with van der Waals surface area (Å²) in [5, 5.41) is 6.89. The molecule has 2 rings (SSSR count). The van der Waals surface area contributed by atoms with Crippen LogP contribution in [0.25, 0.3) is 0 Å². The number of nitrogens with one attached hydrogen (secondary N) is 1. The Morgan fingerprint density at radius 1 is 1.55 bits per heavy atom. The van der Waals surface area contributed by atoms with Crippen LogP contribution in [0.1, 0.15) is 19.3 Å². The number of carbonyl (C=O) groups is 2. The van der Waals surface area contributed by atoms with E-state index in [1.165, 1.54) is 11.8 Å². The molecule has 0 aliphatic heterocycles. The van der Waals surface area contributed by atoms with Gasteiger partial charge in [0.1, 0.15) is 6.54 Å². The number of nitrogens with two attached hydrogens (primary N) is 1. The molecule has 20 heavy (non-hydrogen) atoms. The van der Waals surface area contributed by atoms with Crippen LogP contribution < -0.4 is 11.1 Å². The van der Waals surface area contributed by atoms with Gasteiger partial charge in [-0.3, -0.25) is 14.3 Å². The quantitative estimate of drug-likeness (QED) is 0.759. The van der Waals surface area contributed by atoms with Crippen molar-refractivity contribution < 1.29 is 14.3 Å². The molecule has 7 nitrogen and oxygen atoms in total. The predicted molar refractivity (Wildman–Crippen MR) is 72.8 cm³/mol. The summed E-state index contributed by atoms with van der Waals surface area (Å²) in [6.07, 6.45) is 4.54. The van der Waals surface area contributed by atoms with Gasteiger partial charge in [0.25, 0.3) is 0 Å². The largest absolute Gasteiger partial charge is 0.468 e. The molecule has 1 heterocycles. The zero-order valence-electron chi connectivity index (χ0n) is 11.5. The van der Waals surface area contributed by atoms with E-state index in [0.717, 1.165) is 19.3 Å². The first-order valence-corrected chi connectivity index (χ1v) is 6.75. The molecule has 0 bridgehead atoms. The van der Waals surface area contributed by atoms with Crippen LogP contribution in [0, 0.1) is 11.8 Å². The summed E-state index contributed by atoms with van der Waals surface area (Å²) in [5.41, 5.74) is 5.68. The maximum absolute atomic E-state index is 12.2. The Hall–Kier alpha value is -1.89. The highest BCUT2D eigenvalue weighted by Crippen LogP contribution is 2.31. The van der Waals surface area contributed by atoms with Gasteiger partial charge in [-0.25, -0.2) is 0 Å². The maximum Gasteiger partial charge on any atom is 0.327 e. The third-order valence-electron chi connectivity index (χ3n) is 3.71.